The molecule has 6 heteroatoms. The highest BCUT2D eigenvalue weighted by Gasteiger charge is 2.14. The maximum Gasteiger partial charge on any atom is 0.252 e. The van der Waals surface area contributed by atoms with Gasteiger partial charge in [-0.25, -0.2) is 9.97 Å². The molecule has 4 rings (SSSR count). The highest BCUT2D eigenvalue weighted by molar-refractivity contribution is 6.07. The monoisotopic (exact) mass is 370 g/mol. The fourth-order valence-corrected chi connectivity index (χ4v) is 3.04. The molecule has 0 radical (unpaired) electrons. The van der Waals surface area contributed by atoms with Crippen LogP contribution in [0.1, 0.15) is 15.9 Å². The highest BCUT2D eigenvalue weighted by Crippen LogP contribution is 2.24. The van der Waals surface area contributed by atoms with E-state index in [1.807, 2.05) is 48.5 Å². The molecule has 1 N–H and O–H groups in total. The molecule has 0 saturated heterocycles. The van der Waals surface area contributed by atoms with E-state index in [1.165, 1.54) is 0 Å². The van der Waals surface area contributed by atoms with Gasteiger partial charge in [0.2, 0.25) is 5.88 Å². The van der Waals surface area contributed by atoms with Gasteiger partial charge in [-0.2, -0.15) is 0 Å². The molecule has 1 amide bonds. The van der Waals surface area contributed by atoms with Crippen LogP contribution in [0.3, 0.4) is 0 Å². The first kappa shape index (κ1) is 17.6. The first-order valence-corrected chi connectivity index (χ1v) is 8.82. The number of carbonyl (C=O) groups excluding carboxylic acids is 1. The molecule has 0 unspecified atom stereocenters. The molecule has 1 aromatic carbocycles. The van der Waals surface area contributed by atoms with Crippen LogP contribution in [0.5, 0.6) is 5.88 Å². The van der Waals surface area contributed by atoms with Crippen molar-refractivity contribution in [2.75, 3.05) is 7.11 Å². The number of aromatic nitrogens is 3. The molecule has 0 atom stereocenters. The number of methoxy groups -OCH3 is 1. The molecule has 3 aromatic heterocycles. The second kappa shape index (κ2) is 7.84. The number of carbonyl (C=O) groups is 1. The molecular weight excluding hydrogens is 352 g/mol. The van der Waals surface area contributed by atoms with Crippen molar-refractivity contribution in [1.82, 2.24) is 20.3 Å². The average molecular weight is 370 g/mol. The van der Waals surface area contributed by atoms with Gasteiger partial charge in [-0.15, -0.1) is 0 Å². The first-order valence-electron chi connectivity index (χ1n) is 8.82. The number of fused-ring (bicyclic) bond motifs is 1. The Kier molecular flexibility index (Phi) is 4.93. The van der Waals surface area contributed by atoms with Gasteiger partial charge >= 0.3 is 0 Å². The topological polar surface area (TPSA) is 77.0 Å². The molecule has 0 fully saturated rings. The molecule has 0 saturated carbocycles. The number of hydrogen-bond acceptors (Lipinski definition) is 5. The third-order valence-corrected chi connectivity index (χ3v) is 4.40. The average Bonchev–Trinajstić information content (AvgIpc) is 2.77. The minimum atomic E-state index is -0.186. The van der Waals surface area contributed by atoms with E-state index in [0.29, 0.717) is 23.7 Å². The van der Waals surface area contributed by atoms with E-state index in [2.05, 4.69) is 20.3 Å². The van der Waals surface area contributed by atoms with Gasteiger partial charge in [0.25, 0.3) is 5.91 Å². The predicted molar refractivity (Wildman–Crippen MR) is 107 cm³/mol. The fraction of sp³-hybridized carbons (Fsp3) is 0.0909. The zero-order valence-electron chi connectivity index (χ0n) is 15.3. The van der Waals surface area contributed by atoms with Gasteiger partial charge < -0.3 is 10.1 Å². The molecule has 4 aromatic rings. The quantitative estimate of drug-likeness (QED) is 0.580. The van der Waals surface area contributed by atoms with Crippen molar-refractivity contribution < 1.29 is 9.53 Å². The third-order valence-electron chi connectivity index (χ3n) is 4.40. The van der Waals surface area contributed by atoms with Gasteiger partial charge in [-0.3, -0.25) is 9.78 Å². The number of nitrogens with one attached hydrogen (secondary N) is 1. The summed E-state index contributed by atoms with van der Waals surface area (Å²) in [6.45, 7) is 0.314. The van der Waals surface area contributed by atoms with E-state index in [-0.39, 0.29) is 5.91 Å². The zero-order valence-corrected chi connectivity index (χ0v) is 15.3. The molecule has 0 spiro atoms. The lowest BCUT2D eigenvalue weighted by atomic mass is 10.0. The van der Waals surface area contributed by atoms with Crippen LogP contribution in [0.15, 0.2) is 73.2 Å². The van der Waals surface area contributed by atoms with Crippen molar-refractivity contribution in [3.8, 4) is 17.1 Å². The number of para-hydroxylation sites is 1. The Morgan fingerprint density at radius 1 is 1.07 bits per heavy atom. The number of ether oxygens (including phenoxy) is 1. The van der Waals surface area contributed by atoms with Gasteiger partial charge in [-0.1, -0.05) is 24.3 Å². The largest absolute Gasteiger partial charge is 0.481 e. The Balaban J connectivity index is 1.69. The maximum atomic E-state index is 13.0. The van der Waals surface area contributed by atoms with Crippen molar-refractivity contribution in [2.45, 2.75) is 6.54 Å². The summed E-state index contributed by atoms with van der Waals surface area (Å²) in [7, 11) is 1.56. The molecule has 0 bridgehead atoms. The van der Waals surface area contributed by atoms with Crippen molar-refractivity contribution >= 4 is 16.8 Å². The first-order chi connectivity index (χ1) is 13.8. The van der Waals surface area contributed by atoms with E-state index in [4.69, 9.17) is 4.74 Å². The van der Waals surface area contributed by atoms with Gasteiger partial charge in [0.15, 0.2) is 0 Å². The van der Waals surface area contributed by atoms with Gasteiger partial charge in [0.05, 0.1) is 23.9 Å². The number of pyridine rings is 3. The molecule has 138 valence electrons. The van der Waals surface area contributed by atoms with Gasteiger partial charge in [0.1, 0.15) is 0 Å². The summed E-state index contributed by atoms with van der Waals surface area (Å²) in [5, 5.41) is 3.76. The summed E-state index contributed by atoms with van der Waals surface area (Å²) in [6, 6.07) is 16.9. The van der Waals surface area contributed by atoms with Crippen LogP contribution in [-0.2, 0) is 6.54 Å². The summed E-state index contributed by atoms with van der Waals surface area (Å²) < 4.78 is 5.25. The van der Waals surface area contributed by atoms with Crippen LogP contribution >= 0.6 is 0 Å². The Bertz CT molecular complexity index is 1130. The maximum absolute atomic E-state index is 13.0. The van der Waals surface area contributed by atoms with E-state index in [9.17, 15) is 4.79 Å². The Morgan fingerprint density at radius 2 is 1.93 bits per heavy atom. The van der Waals surface area contributed by atoms with E-state index in [0.717, 1.165) is 22.0 Å². The lowest BCUT2D eigenvalue weighted by Gasteiger charge is -2.11. The molecule has 0 aliphatic heterocycles. The van der Waals surface area contributed by atoms with Crippen molar-refractivity contribution in [3.05, 3.63) is 84.3 Å². The number of nitrogens with zero attached hydrogens (tertiary/aromatic N) is 3. The lowest BCUT2D eigenvalue weighted by Crippen LogP contribution is -2.23. The van der Waals surface area contributed by atoms with E-state index >= 15 is 0 Å². The van der Waals surface area contributed by atoms with Crippen molar-refractivity contribution in [3.63, 3.8) is 0 Å². The number of benzene rings is 1. The smallest absolute Gasteiger partial charge is 0.252 e. The van der Waals surface area contributed by atoms with E-state index < -0.39 is 0 Å². The standard InChI is InChI=1S/C22H18N4O2/c1-28-22-16(7-5-11-24-22)14-25-21(27)18-12-20(15-6-4-10-23-13-15)26-19-9-3-2-8-17(18)19/h2-13H,14H2,1H3,(H,25,27). The van der Waals surface area contributed by atoms with Crippen LogP contribution in [0.2, 0.25) is 0 Å². The Hall–Kier alpha value is -3.80. The van der Waals surface area contributed by atoms with Gasteiger partial charge in [0, 0.05) is 41.6 Å². The molecule has 0 aliphatic rings. The fourth-order valence-electron chi connectivity index (χ4n) is 3.04. The Labute approximate surface area is 162 Å². The molecule has 28 heavy (non-hydrogen) atoms. The summed E-state index contributed by atoms with van der Waals surface area (Å²) in [4.78, 5) is 26.0. The van der Waals surface area contributed by atoms with Gasteiger partial charge in [-0.05, 0) is 30.3 Å². The van der Waals surface area contributed by atoms with Crippen LogP contribution in [-0.4, -0.2) is 28.0 Å². The lowest BCUT2D eigenvalue weighted by molar-refractivity contribution is 0.0952. The predicted octanol–water partition coefficient (Wildman–Crippen LogP) is 3.63. The summed E-state index contributed by atoms with van der Waals surface area (Å²) in [5.74, 6) is 0.313. The Morgan fingerprint density at radius 3 is 2.75 bits per heavy atom. The molecular formula is C22H18N4O2. The molecule has 3 heterocycles. The number of amides is 1. The number of rotatable bonds is 5. The van der Waals surface area contributed by atoms with Crippen LogP contribution in [0, 0.1) is 0 Å². The second-order valence-corrected chi connectivity index (χ2v) is 6.17. The van der Waals surface area contributed by atoms with Crippen molar-refractivity contribution in [1.29, 1.82) is 0 Å². The third kappa shape index (κ3) is 3.53. The van der Waals surface area contributed by atoms with Crippen molar-refractivity contribution in [2.24, 2.45) is 0 Å². The minimum absolute atomic E-state index is 0.186. The normalized spacial score (nSPS) is 10.6. The van der Waals surface area contributed by atoms with E-state index in [1.54, 1.807) is 31.8 Å². The molecule has 6 nitrogen and oxygen atoms in total. The highest BCUT2D eigenvalue weighted by atomic mass is 16.5. The van der Waals surface area contributed by atoms with Crippen LogP contribution in [0.4, 0.5) is 0 Å². The SMILES string of the molecule is COc1ncccc1CNC(=O)c1cc(-c2cccnc2)nc2ccccc12. The summed E-state index contributed by atoms with van der Waals surface area (Å²) >= 11 is 0. The molecule has 0 aliphatic carbocycles. The van der Waals surface area contributed by atoms with Crippen LogP contribution < -0.4 is 10.1 Å². The summed E-state index contributed by atoms with van der Waals surface area (Å²) in [6.07, 6.45) is 5.10. The number of hydrogen-bond donors (Lipinski definition) is 1. The zero-order chi connectivity index (χ0) is 19.3. The second-order valence-electron chi connectivity index (χ2n) is 6.17. The minimum Gasteiger partial charge on any atom is -0.481 e. The van der Waals surface area contributed by atoms with Crippen LogP contribution in [0.25, 0.3) is 22.2 Å². The summed E-state index contributed by atoms with van der Waals surface area (Å²) in [5.41, 5.74) is 3.69.